The molecule has 0 radical (unpaired) electrons. The molecule has 0 amide bonds. The summed E-state index contributed by atoms with van der Waals surface area (Å²) in [6.07, 6.45) is 2.75. The van der Waals surface area contributed by atoms with E-state index in [0.29, 0.717) is 0 Å². The molecule has 90 valence electrons. The van der Waals surface area contributed by atoms with Gasteiger partial charge in [-0.3, -0.25) is 4.68 Å². The fourth-order valence-electron chi connectivity index (χ4n) is 1.82. The Balaban J connectivity index is 1.97. The van der Waals surface area contributed by atoms with Gasteiger partial charge in [-0.1, -0.05) is 23.7 Å². The molecule has 0 aliphatic rings. The molecule has 0 aliphatic heterocycles. The van der Waals surface area contributed by atoms with Gasteiger partial charge in [-0.05, 0) is 24.6 Å². The van der Waals surface area contributed by atoms with Crippen LogP contribution in [0.5, 0.6) is 0 Å². The van der Waals surface area contributed by atoms with Crippen molar-refractivity contribution in [3.05, 3.63) is 46.7 Å². The van der Waals surface area contributed by atoms with Crippen LogP contribution in [0.15, 0.2) is 30.5 Å². The van der Waals surface area contributed by atoms with E-state index in [2.05, 4.69) is 23.4 Å². The van der Waals surface area contributed by atoms with Crippen molar-refractivity contribution in [2.75, 3.05) is 11.9 Å². The minimum absolute atomic E-state index is 0.773. The molecule has 1 aromatic heterocycles. The van der Waals surface area contributed by atoms with Crippen molar-refractivity contribution in [3.8, 4) is 0 Å². The van der Waals surface area contributed by atoms with Gasteiger partial charge in [-0.15, -0.1) is 0 Å². The molecular formula is C13H16ClN3. The highest BCUT2D eigenvalue weighted by atomic mass is 35.5. The van der Waals surface area contributed by atoms with Crippen molar-refractivity contribution in [2.24, 2.45) is 7.05 Å². The number of halogens is 1. The molecule has 1 aromatic carbocycles. The maximum Gasteiger partial charge on any atom is 0.0640 e. The van der Waals surface area contributed by atoms with E-state index in [1.54, 1.807) is 0 Å². The van der Waals surface area contributed by atoms with Gasteiger partial charge >= 0.3 is 0 Å². The van der Waals surface area contributed by atoms with Crippen LogP contribution in [-0.2, 0) is 13.5 Å². The average molecular weight is 250 g/mol. The van der Waals surface area contributed by atoms with Crippen LogP contribution >= 0.6 is 11.6 Å². The van der Waals surface area contributed by atoms with Crippen LogP contribution in [0.2, 0.25) is 5.02 Å². The number of anilines is 1. The number of aromatic nitrogens is 2. The van der Waals surface area contributed by atoms with Crippen molar-refractivity contribution in [3.63, 3.8) is 0 Å². The number of nitrogens with one attached hydrogen (secondary N) is 1. The van der Waals surface area contributed by atoms with E-state index in [9.17, 15) is 0 Å². The summed E-state index contributed by atoms with van der Waals surface area (Å²) in [5, 5.41) is 8.29. The van der Waals surface area contributed by atoms with Gasteiger partial charge in [0.2, 0.25) is 0 Å². The molecule has 0 saturated carbocycles. The molecular weight excluding hydrogens is 234 g/mol. The summed E-state index contributed by atoms with van der Waals surface area (Å²) >= 11 is 6.14. The normalized spacial score (nSPS) is 10.5. The molecule has 1 heterocycles. The van der Waals surface area contributed by atoms with Gasteiger partial charge in [0.15, 0.2) is 0 Å². The zero-order valence-corrected chi connectivity index (χ0v) is 10.8. The van der Waals surface area contributed by atoms with Crippen LogP contribution in [0.4, 0.5) is 5.69 Å². The Labute approximate surface area is 106 Å². The quantitative estimate of drug-likeness (QED) is 0.903. The molecule has 0 bridgehead atoms. The number of hydrogen-bond donors (Lipinski definition) is 1. The highest BCUT2D eigenvalue weighted by molar-refractivity contribution is 6.33. The van der Waals surface area contributed by atoms with E-state index in [1.807, 2.05) is 36.1 Å². The van der Waals surface area contributed by atoms with Gasteiger partial charge < -0.3 is 5.32 Å². The van der Waals surface area contributed by atoms with E-state index in [1.165, 1.54) is 11.3 Å². The number of rotatable bonds is 4. The van der Waals surface area contributed by atoms with E-state index < -0.39 is 0 Å². The molecule has 0 spiro atoms. The van der Waals surface area contributed by atoms with Gasteiger partial charge in [-0.25, -0.2) is 0 Å². The lowest BCUT2D eigenvalue weighted by Crippen LogP contribution is -2.09. The lowest BCUT2D eigenvalue weighted by atomic mass is 10.2. The van der Waals surface area contributed by atoms with Gasteiger partial charge in [0, 0.05) is 31.9 Å². The maximum atomic E-state index is 6.14. The molecule has 4 heteroatoms. The Morgan fingerprint density at radius 1 is 1.35 bits per heavy atom. The Bertz CT molecular complexity index is 485. The standard InChI is InChI=1S/C13H16ClN3/c1-10-4-3-5-12(14)13(10)15-8-6-11-7-9-16-17(11)2/h3-5,7,9,15H,6,8H2,1-2H3. The van der Waals surface area contributed by atoms with Crippen LogP contribution < -0.4 is 5.32 Å². The smallest absolute Gasteiger partial charge is 0.0640 e. The average Bonchev–Trinajstić information content (AvgIpc) is 2.69. The molecule has 0 saturated heterocycles. The Hall–Kier alpha value is -1.48. The first-order chi connectivity index (χ1) is 8.18. The van der Waals surface area contributed by atoms with E-state index in [-0.39, 0.29) is 0 Å². The van der Waals surface area contributed by atoms with Gasteiger partial charge in [0.1, 0.15) is 0 Å². The van der Waals surface area contributed by atoms with Gasteiger partial charge in [0.25, 0.3) is 0 Å². The van der Waals surface area contributed by atoms with Crippen LogP contribution in [0.3, 0.4) is 0 Å². The number of aryl methyl sites for hydroxylation is 2. The second-order valence-corrected chi connectivity index (χ2v) is 4.46. The lowest BCUT2D eigenvalue weighted by Gasteiger charge is -2.11. The SMILES string of the molecule is Cc1cccc(Cl)c1NCCc1ccnn1C. The lowest BCUT2D eigenvalue weighted by molar-refractivity contribution is 0.711. The monoisotopic (exact) mass is 249 g/mol. The summed E-state index contributed by atoms with van der Waals surface area (Å²) in [6, 6.07) is 7.95. The molecule has 3 nitrogen and oxygen atoms in total. The molecule has 2 aromatic rings. The number of para-hydroxylation sites is 1. The summed E-state index contributed by atoms with van der Waals surface area (Å²) in [5.74, 6) is 0. The third-order valence-corrected chi connectivity index (χ3v) is 3.14. The first kappa shape index (κ1) is 12.0. The highest BCUT2D eigenvalue weighted by Gasteiger charge is 2.03. The van der Waals surface area contributed by atoms with Crippen LogP contribution in [0, 0.1) is 6.92 Å². The minimum Gasteiger partial charge on any atom is -0.383 e. The molecule has 0 fully saturated rings. The topological polar surface area (TPSA) is 29.9 Å². The summed E-state index contributed by atoms with van der Waals surface area (Å²) in [6.45, 7) is 2.91. The molecule has 1 N–H and O–H groups in total. The summed E-state index contributed by atoms with van der Waals surface area (Å²) in [5.41, 5.74) is 3.40. The maximum absolute atomic E-state index is 6.14. The summed E-state index contributed by atoms with van der Waals surface area (Å²) < 4.78 is 1.89. The zero-order chi connectivity index (χ0) is 12.3. The fourth-order valence-corrected chi connectivity index (χ4v) is 2.11. The van der Waals surface area contributed by atoms with Crippen LogP contribution in [0.1, 0.15) is 11.3 Å². The van der Waals surface area contributed by atoms with Crippen molar-refractivity contribution < 1.29 is 0 Å². The Kier molecular flexibility index (Phi) is 3.69. The molecule has 17 heavy (non-hydrogen) atoms. The summed E-state index contributed by atoms with van der Waals surface area (Å²) in [7, 11) is 1.95. The Morgan fingerprint density at radius 3 is 2.82 bits per heavy atom. The second kappa shape index (κ2) is 5.23. The number of benzene rings is 1. The van der Waals surface area contributed by atoms with Gasteiger partial charge in [0.05, 0.1) is 10.7 Å². The Morgan fingerprint density at radius 2 is 2.18 bits per heavy atom. The van der Waals surface area contributed by atoms with Crippen molar-refractivity contribution in [2.45, 2.75) is 13.3 Å². The van der Waals surface area contributed by atoms with Crippen molar-refractivity contribution >= 4 is 17.3 Å². The highest BCUT2D eigenvalue weighted by Crippen LogP contribution is 2.24. The fraction of sp³-hybridized carbons (Fsp3) is 0.308. The van der Waals surface area contributed by atoms with Crippen LogP contribution in [0.25, 0.3) is 0 Å². The number of hydrogen-bond acceptors (Lipinski definition) is 2. The van der Waals surface area contributed by atoms with Crippen LogP contribution in [-0.4, -0.2) is 16.3 Å². The first-order valence-corrected chi connectivity index (χ1v) is 6.02. The summed E-state index contributed by atoms with van der Waals surface area (Å²) in [4.78, 5) is 0. The molecule has 2 rings (SSSR count). The first-order valence-electron chi connectivity index (χ1n) is 5.64. The zero-order valence-electron chi connectivity index (χ0n) is 10.1. The van der Waals surface area contributed by atoms with E-state index >= 15 is 0 Å². The van der Waals surface area contributed by atoms with Gasteiger partial charge in [-0.2, -0.15) is 5.10 Å². The largest absolute Gasteiger partial charge is 0.383 e. The minimum atomic E-state index is 0.773. The second-order valence-electron chi connectivity index (χ2n) is 4.05. The van der Waals surface area contributed by atoms with E-state index in [0.717, 1.165) is 23.7 Å². The molecule has 0 unspecified atom stereocenters. The predicted octanol–water partition coefficient (Wildman–Crippen LogP) is 3.04. The molecule has 0 aliphatic carbocycles. The molecule has 0 atom stereocenters. The number of nitrogens with zero attached hydrogens (tertiary/aromatic N) is 2. The predicted molar refractivity (Wildman–Crippen MR) is 71.6 cm³/mol. The van der Waals surface area contributed by atoms with Crippen molar-refractivity contribution in [1.29, 1.82) is 0 Å². The van der Waals surface area contributed by atoms with E-state index in [4.69, 9.17) is 11.6 Å². The van der Waals surface area contributed by atoms with Crippen molar-refractivity contribution in [1.82, 2.24) is 9.78 Å². The third kappa shape index (κ3) is 2.80. The third-order valence-electron chi connectivity index (χ3n) is 2.83.